The summed E-state index contributed by atoms with van der Waals surface area (Å²) in [5.74, 6) is 1.32. The Labute approximate surface area is 253 Å². The summed E-state index contributed by atoms with van der Waals surface area (Å²) < 4.78 is 27.4. The number of imidazole rings is 1. The average molecular weight is 604 g/mol. The molecule has 0 radical (unpaired) electrons. The van der Waals surface area contributed by atoms with E-state index in [-0.39, 0.29) is 30.8 Å². The predicted octanol–water partition coefficient (Wildman–Crippen LogP) is 5.61. The molecule has 6 rings (SSSR count). The SMILES string of the molecule is COC[C@H]1c2cc(-c3ncc(N4CCC(=O)NC4=O)n3C)ccc2CN1Cc1ccc(OCc2c(F)cccc2Cl)cc1. The molecule has 9 nitrogen and oxygen atoms in total. The number of carbonyl (C=O) groups is 2. The lowest BCUT2D eigenvalue weighted by molar-refractivity contribution is -0.120. The third-order valence-electron chi connectivity index (χ3n) is 7.95. The van der Waals surface area contributed by atoms with Crippen LogP contribution in [0.1, 0.15) is 34.7 Å². The van der Waals surface area contributed by atoms with Gasteiger partial charge in [-0.25, -0.2) is 14.2 Å². The first-order chi connectivity index (χ1) is 20.8. The summed E-state index contributed by atoms with van der Waals surface area (Å²) in [4.78, 5) is 32.5. The van der Waals surface area contributed by atoms with E-state index in [1.54, 1.807) is 25.4 Å². The molecule has 2 aliphatic heterocycles. The molecular weight excluding hydrogens is 573 g/mol. The molecular formula is C32H31ClFN5O4. The summed E-state index contributed by atoms with van der Waals surface area (Å²) >= 11 is 6.12. The van der Waals surface area contributed by atoms with Crippen LogP contribution in [0.3, 0.4) is 0 Å². The Morgan fingerprint density at radius 1 is 1.12 bits per heavy atom. The second kappa shape index (κ2) is 12.2. The zero-order chi connectivity index (χ0) is 30.1. The first-order valence-electron chi connectivity index (χ1n) is 14.0. The van der Waals surface area contributed by atoms with E-state index in [0.717, 1.165) is 23.5 Å². The first-order valence-corrected chi connectivity index (χ1v) is 14.3. The minimum absolute atomic E-state index is 0.0395. The molecule has 0 spiro atoms. The van der Waals surface area contributed by atoms with Crippen molar-refractivity contribution in [2.75, 3.05) is 25.2 Å². The normalized spacial score (nSPS) is 16.8. The van der Waals surface area contributed by atoms with Gasteiger partial charge in [0.05, 0.1) is 23.9 Å². The van der Waals surface area contributed by atoms with Gasteiger partial charge in [0.2, 0.25) is 5.91 Å². The van der Waals surface area contributed by atoms with Crippen molar-refractivity contribution in [2.24, 2.45) is 7.05 Å². The lowest BCUT2D eigenvalue weighted by atomic mass is 10.0. The molecule has 3 heterocycles. The molecule has 11 heteroatoms. The van der Waals surface area contributed by atoms with Gasteiger partial charge >= 0.3 is 6.03 Å². The van der Waals surface area contributed by atoms with Gasteiger partial charge in [-0.05, 0) is 47.0 Å². The van der Waals surface area contributed by atoms with E-state index in [9.17, 15) is 14.0 Å². The van der Waals surface area contributed by atoms with E-state index >= 15 is 0 Å². The quantitative estimate of drug-likeness (QED) is 0.268. The van der Waals surface area contributed by atoms with E-state index < -0.39 is 6.03 Å². The zero-order valence-electron chi connectivity index (χ0n) is 23.8. The van der Waals surface area contributed by atoms with Gasteiger partial charge in [-0.15, -0.1) is 0 Å². The second-order valence-corrected chi connectivity index (χ2v) is 11.1. The standard InChI is InChI=1S/C32H31ClFN5O4/c1-37-30(39-13-12-29(40)36-32(39)41)15-35-31(37)21-8-9-22-17-38(28(19-42-2)24(22)14-21)16-20-6-10-23(11-7-20)43-18-25-26(33)4-3-5-27(25)34/h3-11,14-15,28H,12-13,16-19H2,1-2H3,(H,36,40,41)/t28-/m0/s1. The summed E-state index contributed by atoms with van der Waals surface area (Å²) in [6.45, 7) is 2.35. The van der Waals surface area contributed by atoms with Crippen LogP contribution in [0, 0.1) is 5.82 Å². The number of hydrogen-bond acceptors (Lipinski definition) is 6. The number of nitrogens with zero attached hydrogens (tertiary/aromatic N) is 4. The molecule has 1 fully saturated rings. The number of amides is 3. The largest absolute Gasteiger partial charge is 0.489 e. The maximum Gasteiger partial charge on any atom is 0.329 e. The van der Waals surface area contributed by atoms with Crippen LogP contribution in [0.15, 0.2) is 66.9 Å². The molecule has 0 aliphatic carbocycles. The summed E-state index contributed by atoms with van der Waals surface area (Å²) in [5, 5.41) is 2.71. The maximum absolute atomic E-state index is 14.1. The molecule has 1 aromatic heterocycles. The molecule has 0 bridgehead atoms. The van der Waals surface area contributed by atoms with Gasteiger partial charge in [0.25, 0.3) is 0 Å². The van der Waals surface area contributed by atoms with Crippen molar-refractivity contribution < 1.29 is 23.5 Å². The van der Waals surface area contributed by atoms with Crippen molar-refractivity contribution in [3.05, 3.63) is 100.0 Å². The predicted molar refractivity (Wildman–Crippen MR) is 160 cm³/mol. The molecule has 1 N–H and O–H groups in total. The van der Waals surface area contributed by atoms with E-state index in [0.29, 0.717) is 41.8 Å². The van der Waals surface area contributed by atoms with Crippen molar-refractivity contribution >= 4 is 29.4 Å². The lowest BCUT2D eigenvalue weighted by Gasteiger charge is -2.26. The number of carbonyl (C=O) groups excluding carboxylic acids is 2. The molecule has 3 amide bonds. The molecule has 1 saturated heterocycles. The van der Waals surface area contributed by atoms with Crippen LogP contribution in [0.25, 0.3) is 11.4 Å². The van der Waals surface area contributed by atoms with E-state index in [1.807, 2.05) is 41.9 Å². The highest BCUT2D eigenvalue weighted by molar-refractivity contribution is 6.31. The minimum atomic E-state index is -0.440. The van der Waals surface area contributed by atoms with Crippen molar-refractivity contribution in [1.82, 2.24) is 19.8 Å². The maximum atomic E-state index is 14.1. The van der Waals surface area contributed by atoms with Crippen LogP contribution in [0.2, 0.25) is 5.02 Å². The summed E-state index contributed by atoms with van der Waals surface area (Å²) in [6, 6.07) is 18.3. The Bertz CT molecular complexity index is 1650. The number of hydrogen-bond donors (Lipinski definition) is 1. The molecule has 43 heavy (non-hydrogen) atoms. The van der Waals surface area contributed by atoms with Crippen molar-refractivity contribution in [3.8, 4) is 17.1 Å². The van der Waals surface area contributed by atoms with Crippen LogP contribution >= 0.6 is 11.6 Å². The number of imide groups is 1. The van der Waals surface area contributed by atoms with Crippen molar-refractivity contribution in [2.45, 2.75) is 32.2 Å². The number of benzene rings is 3. The van der Waals surface area contributed by atoms with Gasteiger partial charge in [0.15, 0.2) is 0 Å². The highest BCUT2D eigenvalue weighted by Crippen LogP contribution is 2.38. The molecule has 0 unspecified atom stereocenters. The molecule has 3 aromatic carbocycles. The van der Waals surface area contributed by atoms with Gasteiger partial charge in [-0.1, -0.05) is 41.9 Å². The fourth-order valence-corrected chi connectivity index (χ4v) is 5.90. The summed E-state index contributed by atoms with van der Waals surface area (Å²) in [5.41, 5.74) is 4.76. The number of urea groups is 1. The number of methoxy groups -OCH3 is 1. The number of anilines is 1. The fraction of sp³-hybridized carbons (Fsp3) is 0.281. The van der Waals surface area contributed by atoms with E-state index in [4.69, 9.17) is 21.1 Å². The van der Waals surface area contributed by atoms with Crippen LogP contribution in [-0.2, 0) is 36.3 Å². The molecule has 2 aliphatic rings. The van der Waals surface area contributed by atoms with Gasteiger partial charge in [-0.3, -0.25) is 19.9 Å². The topological polar surface area (TPSA) is 88.9 Å². The van der Waals surface area contributed by atoms with Crippen LogP contribution < -0.4 is 15.0 Å². The van der Waals surface area contributed by atoms with Gasteiger partial charge in [-0.2, -0.15) is 0 Å². The number of nitrogens with one attached hydrogen (secondary N) is 1. The lowest BCUT2D eigenvalue weighted by Crippen LogP contribution is -2.50. The van der Waals surface area contributed by atoms with Crippen molar-refractivity contribution in [3.63, 3.8) is 0 Å². The Morgan fingerprint density at radius 2 is 1.93 bits per heavy atom. The smallest absolute Gasteiger partial charge is 0.329 e. The number of halogens is 2. The van der Waals surface area contributed by atoms with Gasteiger partial charge in [0, 0.05) is 51.3 Å². The first kappa shape index (κ1) is 28.9. The van der Waals surface area contributed by atoms with Crippen LogP contribution in [0.4, 0.5) is 15.0 Å². The second-order valence-electron chi connectivity index (χ2n) is 10.7. The number of ether oxygens (including phenoxy) is 2. The van der Waals surface area contributed by atoms with Crippen LogP contribution in [0.5, 0.6) is 5.75 Å². The van der Waals surface area contributed by atoms with E-state index in [1.165, 1.54) is 22.1 Å². The molecule has 1 atom stereocenters. The minimum Gasteiger partial charge on any atom is -0.489 e. The number of fused-ring (bicyclic) bond motifs is 1. The average Bonchev–Trinajstić information content (AvgIpc) is 3.53. The highest BCUT2D eigenvalue weighted by Gasteiger charge is 2.32. The number of aromatic nitrogens is 2. The zero-order valence-corrected chi connectivity index (χ0v) is 24.6. The Kier molecular flexibility index (Phi) is 8.16. The van der Waals surface area contributed by atoms with Crippen LogP contribution in [-0.4, -0.2) is 46.7 Å². The molecule has 0 saturated carbocycles. The van der Waals surface area contributed by atoms with Crippen molar-refractivity contribution in [1.29, 1.82) is 0 Å². The number of rotatable bonds is 9. The molecule has 222 valence electrons. The third-order valence-corrected chi connectivity index (χ3v) is 8.30. The summed E-state index contributed by atoms with van der Waals surface area (Å²) in [6.07, 6.45) is 1.91. The highest BCUT2D eigenvalue weighted by atomic mass is 35.5. The Morgan fingerprint density at radius 3 is 2.67 bits per heavy atom. The Hall–Kier alpha value is -4.25. The van der Waals surface area contributed by atoms with Gasteiger partial charge < -0.3 is 14.0 Å². The van der Waals surface area contributed by atoms with Gasteiger partial charge in [0.1, 0.15) is 29.8 Å². The fourth-order valence-electron chi connectivity index (χ4n) is 5.69. The third kappa shape index (κ3) is 5.86. The summed E-state index contributed by atoms with van der Waals surface area (Å²) in [7, 11) is 3.57. The van der Waals surface area contributed by atoms with E-state index in [2.05, 4.69) is 27.3 Å². The molecule has 4 aromatic rings. The monoisotopic (exact) mass is 603 g/mol. The Balaban J connectivity index is 1.16.